The Kier molecular flexibility index (Phi) is 3.44. The fraction of sp³-hybridized carbons (Fsp3) is 0.500. The summed E-state index contributed by atoms with van der Waals surface area (Å²) in [6.45, 7) is 0. The van der Waals surface area contributed by atoms with E-state index in [0.717, 1.165) is 19.3 Å². The van der Waals surface area contributed by atoms with Crippen LogP contribution >= 0.6 is 0 Å². The summed E-state index contributed by atoms with van der Waals surface area (Å²) < 4.78 is 0. The zero-order chi connectivity index (χ0) is 18.8. The van der Waals surface area contributed by atoms with Crippen molar-refractivity contribution in [1.82, 2.24) is 10.3 Å². The van der Waals surface area contributed by atoms with Gasteiger partial charge in [0.25, 0.3) is 11.6 Å². The van der Waals surface area contributed by atoms with Crippen molar-refractivity contribution in [1.29, 1.82) is 0 Å². The number of nitrogens with one attached hydrogen (secondary N) is 2. The number of rotatable bonds is 3. The molecule has 1 aromatic heterocycles. The van der Waals surface area contributed by atoms with E-state index in [-0.39, 0.29) is 33.6 Å². The van der Waals surface area contributed by atoms with Crippen LogP contribution in [0.4, 0.5) is 5.69 Å². The molecule has 1 heterocycles. The third kappa shape index (κ3) is 2.56. The van der Waals surface area contributed by atoms with E-state index in [9.17, 15) is 19.7 Å². The second kappa shape index (κ2) is 5.65. The molecule has 0 atom stereocenters. The van der Waals surface area contributed by atoms with E-state index in [1.165, 1.54) is 43.7 Å². The van der Waals surface area contributed by atoms with Crippen molar-refractivity contribution in [2.45, 2.75) is 44.1 Å². The largest absolute Gasteiger partial charge is 0.355 e. The molecule has 140 valence electrons. The molecule has 2 aromatic rings. The summed E-state index contributed by atoms with van der Waals surface area (Å²) in [5.74, 6) is 1.70. The van der Waals surface area contributed by atoms with Crippen molar-refractivity contribution in [3.8, 4) is 0 Å². The Labute approximate surface area is 155 Å². The number of carbonyl (C=O) groups excluding carboxylic acids is 1. The highest BCUT2D eigenvalue weighted by atomic mass is 16.6. The maximum Gasteiger partial charge on any atom is 0.293 e. The number of pyridine rings is 1. The summed E-state index contributed by atoms with van der Waals surface area (Å²) in [5, 5.41) is 14.5. The number of hydrogen-bond donors (Lipinski definition) is 2. The quantitative estimate of drug-likeness (QED) is 0.642. The van der Waals surface area contributed by atoms with Crippen LogP contribution in [0.3, 0.4) is 0 Å². The summed E-state index contributed by atoms with van der Waals surface area (Å²) >= 11 is 0. The van der Waals surface area contributed by atoms with Gasteiger partial charge in [0.2, 0.25) is 5.43 Å². The molecule has 1 aromatic carbocycles. The molecule has 0 saturated heterocycles. The van der Waals surface area contributed by atoms with Gasteiger partial charge in [-0.1, -0.05) is 6.07 Å². The summed E-state index contributed by atoms with van der Waals surface area (Å²) in [6.07, 6.45) is 8.14. The number of hydrogen-bond acceptors (Lipinski definition) is 4. The topological polar surface area (TPSA) is 105 Å². The molecule has 0 spiro atoms. The Balaban J connectivity index is 1.49. The Hall–Kier alpha value is -2.70. The molecule has 4 fully saturated rings. The number of benzene rings is 1. The Bertz CT molecular complexity index is 990. The highest BCUT2D eigenvalue weighted by molar-refractivity contribution is 5.98. The molecule has 6 rings (SSSR count). The fourth-order valence-electron chi connectivity index (χ4n) is 6.13. The first-order valence-corrected chi connectivity index (χ1v) is 9.55. The number of fused-ring (bicyclic) bond motifs is 1. The smallest absolute Gasteiger partial charge is 0.293 e. The van der Waals surface area contributed by atoms with Gasteiger partial charge < -0.3 is 10.3 Å². The maximum atomic E-state index is 12.9. The average molecular weight is 367 g/mol. The lowest BCUT2D eigenvalue weighted by molar-refractivity contribution is -0.383. The number of nitro benzene ring substituents is 1. The van der Waals surface area contributed by atoms with E-state index >= 15 is 0 Å². The molecule has 4 aliphatic carbocycles. The number of H-pyrrole nitrogens is 1. The predicted molar refractivity (Wildman–Crippen MR) is 99.6 cm³/mol. The lowest BCUT2D eigenvalue weighted by atomic mass is 9.53. The number of carbonyl (C=O) groups is 1. The zero-order valence-electron chi connectivity index (χ0n) is 14.9. The van der Waals surface area contributed by atoms with Crippen LogP contribution in [0, 0.1) is 27.9 Å². The number of aromatic amines is 1. The molecule has 2 N–H and O–H groups in total. The van der Waals surface area contributed by atoms with E-state index in [0.29, 0.717) is 17.8 Å². The van der Waals surface area contributed by atoms with Crippen LogP contribution in [-0.4, -0.2) is 21.4 Å². The first kappa shape index (κ1) is 16.5. The summed E-state index contributed by atoms with van der Waals surface area (Å²) in [5.41, 5.74) is -0.638. The SMILES string of the molecule is O=C(NC12CC3CC(CC(C3)C1)C2)c1c[nH]c2c([N+](=O)[O-])cccc2c1=O. The second-order valence-corrected chi connectivity index (χ2v) is 8.64. The maximum absolute atomic E-state index is 12.9. The van der Waals surface area contributed by atoms with E-state index < -0.39 is 10.4 Å². The molecule has 0 radical (unpaired) electrons. The average Bonchev–Trinajstić information content (AvgIpc) is 2.59. The van der Waals surface area contributed by atoms with Gasteiger partial charge in [0.05, 0.1) is 10.3 Å². The van der Waals surface area contributed by atoms with Gasteiger partial charge >= 0.3 is 0 Å². The summed E-state index contributed by atoms with van der Waals surface area (Å²) in [7, 11) is 0. The van der Waals surface area contributed by atoms with Crippen molar-refractivity contribution in [3.63, 3.8) is 0 Å². The van der Waals surface area contributed by atoms with Gasteiger partial charge in [-0.15, -0.1) is 0 Å². The number of aromatic nitrogens is 1. The summed E-state index contributed by atoms with van der Waals surface area (Å²) in [6, 6.07) is 4.33. The van der Waals surface area contributed by atoms with Gasteiger partial charge in [-0.25, -0.2) is 0 Å². The van der Waals surface area contributed by atoms with Crippen molar-refractivity contribution < 1.29 is 9.72 Å². The van der Waals surface area contributed by atoms with Crippen molar-refractivity contribution in [3.05, 3.63) is 50.3 Å². The minimum atomic E-state index is -0.534. The first-order valence-electron chi connectivity index (χ1n) is 9.55. The van der Waals surface area contributed by atoms with Crippen molar-refractivity contribution >= 4 is 22.5 Å². The molecule has 4 saturated carbocycles. The first-order chi connectivity index (χ1) is 12.9. The molecule has 27 heavy (non-hydrogen) atoms. The molecule has 7 nitrogen and oxygen atoms in total. The molecular weight excluding hydrogens is 346 g/mol. The van der Waals surface area contributed by atoms with Crippen LogP contribution in [0.15, 0.2) is 29.2 Å². The third-order valence-electron chi connectivity index (χ3n) is 6.75. The van der Waals surface area contributed by atoms with Crippen LogP contribution in [0.5, 0.6) is 0 Å². The monoisotopic (exact) mass is 367 g/mol. The van der Waals surface area contributed by atoms with Crippen LogP contribution in [0.25, 0.3) is 10.9 Å². The molecule has 1 amide bonds. The second-order valence-electron chi connectivity index (χ2n) is 8.64. The van der Waals surface area contributed by atoms with Crippen LogP contribution in [0.2, 0.25) is 0 Å². The van der Waals surface area contributed by atoms with Gasteiger partial charge in [0.1, 0.15) is 11.1 Å². The molecule has 0 unspecified atom stereocenters. The van der Waals surface area contributed by atoms with Gasteiger partial charge in [0, 0.05) is 17.8 Å². The van der Waals surface area contributed by atoms with E-state index in [2.05, 4.69) is 10.3 Å². The Morgan fingerprint density at radius 2 is 1.78 bits per heavy atom. The van der Waals surface area contributed by atoms with Gasteiger partial charge in [0.15, 0.2) is 0 Å². The third-order valence-corrected chi connectivity index (χ3v) is 6.75. The van der Waals surface area contributed by atoms with Crippen LogP contribution < -0.4 is 10.7 Å². The molecular formula is C20H21N3O4. The lowest BCUT2D eigenvalue weighted by Gasteiger charge is -2.56. The van der Waals surface area contributed by atoms with E-state index in [4.69, 9.17) is 0 Å². The normalized spacial score (nSPS) is 31.2. The van der Waals surface area contributed by atoms with Crippen LogP contribution in [-0.2, 0) is 0 Å². The van der Waals surface area contributed by atoms with Crippen molar-refractivity contribution in [2.24, 2.45) is 17.8 Å². The lowest BCUT2D eigenvalue weighted by Crippen LogP contribution is -2.60. The van der Waals surface area contributed by atoms with Gasteiger partial charge in [-0.2, -0.15) is 0 Å². The zero-order valence-corrected chi connectivity index (χ0v) is 14.9. The van der Waals surface area contributed by atoms with Gasteiger partial charge in [-0.3, -0.25) is 19.7 Å². The number of non-ortho nitro benzene ring substituents is 1. The molecule has 7 heteroatoms. The van der Waals surface area contributed by atoms with Crippen LogP contribution in [0.1, 0.15) is 48.9 Å². The number of nitro groups is 1. The minimum Gasteiger partial charge on any atom is -0.355 e. The molecule has 0 aliphatic heterocycles. The number of para-hydroxylation sites is 1. The summed E-state index contributed by atoms with van der Waals surface area (Å²) in [4.78, 5) is 39.2. The molecule has 4 bridgehead atoms. The fourth-order valence-corrected chi connectivity index (χ4v) is 6.13. The highest BCUT2D eigenvalue weighted by Crippen LogP contribution is 2.55. The predicted octanol–water partition coefficient (Wildman–Crippen LogP) is 3.13. The van der Waals surface area contributed by atoms with E-state index in [1.54, 1.807) is 0 Å². The number of amides is 1. The Morgan fingerprint density at radius 1 is 1.15 bits per heavy atom. The highest BCUT2D eigenvalue weighted by Gasteiger charge is 2.51. The van der Waals surface area contributed by atoms with E-state index in [1.807, 2.05) is 0 Å². The molecule has 4 aliphatic rings. The minimum absolute atomic E-state index is 0.0266. The van der Waals surface area contributed by atoms with Gasteiger partial charge in [-0.05, 0) is 62.3 Å². The van der Waals surface area contributed by atoms with Crippen molar-refractivity contribution in [2.75, 3.05) is 0 Å². The Morgan fingerprint density at radius 3 is 2.37 bits per heavy atom. The number of nitrogens with zero attached hydrogens (tertiary/aromatic N) is 1. The standard InChI is InChI=1S/C20H21N3O4/c24-18-14-2-1-3-16(23(26)27)17(14)21-10-15(18)19(25)22-20-7-11-4-12(8-20)6-13(5-11)9-20/h1-3,10-13H,4-9H2,(H,21,24)(H,22,25).